The molecule has 2 aliphatic rings. The van der Waals surface area contributed by atoms with Crippen LogP contribution >= 0.6 is 0 Å². The van der Waals surface area contributed by atoms with Gasteiger partial charge in [-0.2, -0.15) is 0 Å². The monoisotopic (exact) mass is 346 g/mol. The highest BCUT2D eigenvalue weighted by Gasteiger charge is 2.42. The number of oxime groups is 1. The summed E-state index contributed by atoms with van der Waals surface area (Å²) in [6.45, 7) is 5.09. The van der Waals surface area contributed by atoms with Crippen molar-refractivity contribution < 1.29 is 9.57 Å². The lowest BCUT2D eigenvalue weighted by Crippen LogP contribution is -2.23. The highest BCUT2D eigenvalue weighted by molar-refractivity contribution is 6.03. The van der Waals surface area contributed by atoms with Crippen molar-refractivity contribution >= 4 is 5.71 Å². The van der Waals surface area contributed by atoms with Crippen LogP contribution in [0.5, 0.6) is 5.75 Å². The van der Waals surface area contributed by atoms with E-state index in [2.05, 4.69) is 59.3 Å². The predicted molar refractivity (Wildman–Crippen MR) is 102 cm³/mol. The third-order valence-corrected chi connectivity index (χ3v) is 4.95. The van der Waals surface area contributed by atoms with Gasteiger partial charge in [-0.3, -0.25) is 4.90 Å². The van der Waals surface area contributed by atoms with Crippen LogP contribution in [0.1, 0.15) is 16.7 Å². The smallest absolute Gasteiger partial charge is 0.149 e. The summed E-state index contributed by atoms with van der Waals surface area (Å²) in [5.41, 5.74) is 4.70. The van der Waals surface area contributed by atoms with Crippen LogP contribution in [0.3, 0.4) is 0 Å². The summed E-state index contributed by atoms with van der Waals surface area (Å²) in [5.74, 6) is 3.65. The molecule has 0 spiro atoms. The van der Waals surface area contributed by atoms with E-state index in [-0.39, 0.29) is 6.10 Å². The number of aryl methyl sites for hydroxylation is 1. The largest absolute Gasteiger partial charge is 0.481 e. The van der Waals surface area contributed by atoms with E-state index in [1.807, 2.05) is 12.1 Å². The molecule has 0 amide bonds. The second-order valence-electron chi connectivity index (χ2n) is 6.93. The Morgan fingerprint density at radius 3 is 2.88 bits per heavy atom. The van der Waals surface area contributed by atoms with Crippen LogP contribution in [-0.2, 0) is 11.4 Å². The highest BCUT2D eigenvalue weighted by atomic mass is 16.6. The number of nitrogens with zero attached hydrogens (tertiary/aromatic N) is 2. The lowest BCUT2D eigenvalue weighted by Gasteiger charge is -2.17. The van der Waals surface area contributed by atoms with Gasteiger partial charge in [0.15, 0.2) is 0 Å². The summed E-state index contributed by atoms with van der Waals surface area (Å²) in [7, 11) is 0. The maximum Gasteiger partial charge on any atom is 0.149 e. The first-order valence-corrected chi connectivity index (χ1v) is 8.91. The second-order valence-corrected chi connectivity index (χ2v) is 6.93. The SMILES string of the molecule is C#CCOc1cccc(CN2C[C@H]3ON=C(c4ccc(C)cc4)[C@@H]3C2)c1. The average molecular weight is 346 g/mol. The molecule has 2 heterocycles. The standard InChI is InChI=1S/C22H22N2O2/c1-3-11-25-19-6-4-5-17(12-19)13-24-14-20-21(15-24)26-23-22(20)18-9-7-16(2)8-10-18/h1,4-10,12,20-21H,11,13-15H2,2H3/t20-,21-/m1/s1. The van der Waals surface area contributed by atoms with E-state index in [0.29, 0.717) is 12.5 Å². The minimum Gasteiger partial charge on any atom is -0.481 e. The number of hydrogen-bond acceptors (Lipinski definition) is 4. The third kappa shape index (κ3) is 3.44. The quantitative estimate of drug-likeness (QED) is 0.780. The van der Waals surface area contributed by atoms with Gasteiger partial charge >= 0.3 is 0 Å². The van der Waals surface area contributed by atoms with Crippen molar-refractivity contribution in [2.45, 2.75) is 19.6 Å². The molecule has 0 unspecified atom stereocenters. The number of ether oxygens (including phenoxy) is 1. The molecule has 4 nitrogen and oxygen atoms in total. The molecule has 26 heavy (non-hydrogen) atoms. The zero-order valence-electron chi connectivity index (χ0n) is 14.9. The van der Waals surface area contributed by atoms with Crippen LogP contribution in [0, 0.1) is 25.2 Å². The Morgan fingerprint density at radius 1 is 1.23 bits per heavy atom. The molecular weight excluding hydrogens is 324 g/mol. The molecule has 2 aromatic rings. The zero-order chi connectivity index (χ0) is 17.9. The molecule has 2 aromatic carbocycles. The summed E-state index contributed by atoms with van der Waals surface area (Å²) >= 11 is 0. The molecule has 0 radical (unpaired) electrons. The Labute approximate surface area is 154 Å². The Balaban J connectivity index is 1.42. The minimum absolute atomic E-state index is 0.146. The fourth-order valence-electron chi connectivity index (χ4n) is 3.65. The zero-order valence-corrected chi connectivity index (χ0v) is 14.9. The highest BCUT2D eigenvalue weighted by Crippen LogP contribution is 2.31. The van der Waals surface area contributed by atoms with Gasteiger partial charge in [0.2, 0.25) is 0 Å². The van der Waals surface area contributed by atoms with Gasteiger partial charge in [0.25, 0.3) is 0 Å². The molecule has 1 fully saturated rings. The van der Waals surface area contributed by atoms with Gasteiger partial charge in [-0.1, -0.05) is 53.0 Å². The molecule has 2 aliphatic heterocycles. The number of rotatable bonds is 5. The predicted octanol–water partition coefficient (Wildman–Crippen LogP) is 3.24. The Morgan fingerprint density at radius 2 is 2.08 bits per heavy atom. The molecule has 0 aliphatic carbocycles. The van der Waals surface area contributed by atoms with Gasteiger partial charge in [-0.25, -0.2) is 0 Å². The molecular formula is C22H22N2O2. The second kappa shape index (κ2) is 7.23. The molecule has 132 valence electrons. The van der Waals surface area contributed by atoms with Crippen LogP contribution in [0.25, 0.3) is 0 Å². The van der Waals surface area contributed by atoms with Gasteiger partial charge < -0.3 is 9.57 Å². The van der Waals surface area contributed by atoms with E-state index in [4.69, 9.17) is 16.0 Å². The van der Waals surface area contributed by atoms with E-state index < -0.39 is 0 Å². The topological polar surface area (TPSA) is 34.1 Å². The number of fused-ring (bicyclic) bond motifs is 1. The Hall–Kier alpha value is -2.77. The van der Waals surface area contributed by atoms with Gasteiger partial charge in [-0.15, -0.1) is 6.42 Å². The van der Waals surface area contributed by atoms with Gasteiger partial charge in [0.05, 0.1) is 11.6 Å². The number of terminal acetylenes is 1. The third-order valence-electron chi connectivity index (χ3n) is 4.95. The first kappa shape index (κ1) is 16.7. The van der Waals surface area contributed by atoms with Crippen LogP contribution in [-0.4, -0.2) is 36.4 Å². The number of likely N-dealkylation sites (tertiary alicyclic amines) is 1. The van der Waals surface area contributed by atoms with E-state index in [9.17, 15) is 0 Å². The average Bonchev–Trinajstić information content (AvgIpc) is 3.21. The first-order valence-electron chi connectivity index (χ1n) is 8.91. The number of benzene rings is 2. The summed E-state index contributed by atoms with van der Waals surface area (Å²) in [6, 6.07) is 16.6. The van der Waals surface area contributed by atoms with Crippen molar-refractivity contribution in [2.75, 3.05) is 19.7 Å². The molecule has 0 saturated carbocycles. The molecule has 1 saturated heterocycles. The van der Waals surface area contributed by atoms with Crippen LogP contribution < -0.4 is 4.74 Å². The maximum atomic E-state index is 5.72. The van der Waals surface area contributed by atoms with Crippen molar-refractivity contribution in [3.05, 3.63) is 65.2 Å². The summed E-state index contributed by atoms with van der Waals surface area (Å²) in [6.07, 6.45) is 5.41. The van der Waals surface area contributed by atoms with Crippen molar-refractivity contribution in [1.82, 2.24) is 4.90 Å². The molecule has 4 heteroatoms. The van der Waals surface area contributed by atoms with Crippen LogP contribution in [0.4, 0.5) is 0 Å². The molecule has 0 aromatic heterocycles. The number of hydrogen-bond donors (Lipinski definition) is 0. The minimum atomic E-state index is 0.146. The Kier molecular flexibility index (Phi) is 4.64. The molecule has 0 N–H and O–H groups in total. The first-order chi connectivity index (χ1) is 12.7. The van der Waals surface area contributed by atoms with E-state index in [1.54, 1.807) is 0 Å². The summed E-state index contributed by atoms with van der Waals surface area (Å²) in [4.78, 5) is 8.13. The van der Waals surface area contributed by atoms with Crippen LogP contribution in [0.2, 0.25) is 0 Å². The van der Waals surface area contributed by atoms with Crippen LogP contribution in [0.15, 0.2) is 53.7 Å². The normalized spacial score (nSPS) is 21.6. The van der Waals surface area contributed by atoms with E-state index in [0.717, 1.165) is 36.7 Å². The molecule has 0 bridgehead atoms. The van der Waals surface area contributed by atoms with Gasteiger partial charge in [0, 0.05) is 19.6 Å². The fraction of sp³-hybridized carbons (Fsp3) is 0.318. The van der Waals surface area contributed by atoms with E-state index >= 15 is 0 Å². The van der Waals surface area contributed by atoms with Crippen molar-refractivity contribution in [2.24, 2.45) is 11.1 Å². The maximum absolute atomic E-state index is 5.72. The molecule has 4 rings (SSSR count). The fourth-order valence-corrected chi connectivity index (χ4v) is 3.65. The van der Waals surface area contributed by atoms with Gasteiger partial charge in [0.1, 0.15) is 18.5 Å². The Bertz CT molecular complexity index is 851. The lowest BCUT2D eigenvalue weighted by atomic mass is 9.94. The van der Waals surface area contributed by atoms with Crippen molar-refractivity contribution in [3.63, 3.8) is 0 Å². The summed E-state index contributed by atoms with van der Waals surface area (Å²) < 4.78 is 5.52. The van der Waals surface area contributed by atoms with Gasteiger partial charge in [-0.05, 0) is 30.2 Å². The molecule has 2 atom stereocenters. The lowest BCUT2D eigenvalue weighted by molar-refractivity contribution is 0.0745. The van der Waals surface area contributed by atoms with Crippen molar-refractivity contribution in [1.29, 1.82) is 0 Å². The van der Waals surface area contributed by atoms with Crippen molar-refractivity contribution in [3.8, 4) is 18.1 Å². The van der Waals surface area contributed by atoms with E-state index in [1.165, 1.54) is 11.1 Å². The summed E-state index contributed by atoms with van der Waals surface area (Å²) in [5, 5.41) is 4.36.